The fraction of sp³-hybridized carbons (Fsp3) is 0.393. The number of hydrogen-bond acceptors (Lipinski definition) is 8. The molecule has 42 heavy (non-hydrogen) atoms. The number of urea groups is 1. The number of anilines is 2. The number of amides is 3. The maximum atomic E-state index is 13.7. The van der Waals surface area contributed by atoms with Crippen LogP contribution in [0, 0.1) is 25.6 Å². The number of aliphatic hydroxyl groups is 1. The van der Waals surface area contributed by atoms with Gasteiger partial charge in [-0.1, -0.05) is 12.1 Å². The first kappa shape index (κ1) is 30.8. The molecule has 3 aromatic rings. The predicted molar refractivity (Wildman–Crippen MR) is 152 cm³/mol. The molecule has 0 radical (unpaired) electrons. The number of ether oxygens (including phenoxy) is 1. The first-order valence-electron chi connectivity index (χ1n) is 13.3. The minimum absolute atomic E-state index is 0.0876. The number of fused-ring (bicyclic) bond motifs is 1. The van der Waals surface area contributed by atoms with Crippen LogP contribution in [0.2, 0.25) is 0 Å². The van der Waals surface area contributed by atoms with E-state index in [1.165, 1.54) is 66.1 Å². The molecule has 0 saturated carbocycles. The first-order chi connectivity index (χ1) is 19.8. The van der Waals surface area contributed by atoms with Crippen molar-refractivity contribution in [3.05, 3.63) is 65.3 Å². The summed E-state index contributed by atoms with van der Waals surface area (Å²) >= 11 is 0. The molecule has 3 N–H and O–H groups in total. The average molecular weight is 604 g/mol. The molecule has 4 rings (SSSR count). The third kappa shape index (κ3) is 6.65. The van der Waals surface area contributed by atoms with Gasteiger partial charge in [0.25, 0.3) is 15.9 Å². The number of benzene rings is 2. The Balaban J connectivity index is 1.62. The minimum Gasteiger partial charge on any atom is -0.487 e. The van der Waals surface area contributed by atoms with Gasteiger partial charge in [-0.25, -0.2) is 17.6 Å². The summed E-state index contributed by atoms with van der Waals surface area (Å²) < 4.78 is 53.2. The van der Waals surface area contributed by atoms with E-state index in [9.17, 15) is 27.5 Å². The third-order valence-corrected chi connectivity index (χ3v) is 8.67. The molecule has 0 spiro atoms. The number of rotatable bonds is 8. The highest BCUT2D eigenvalue weighted by Gasteiger charge is 2.34. The number of nitrogens with zero attached hydrogens (tertiary/aromatic N) is 3. The zero-order valence-corrected chi connectivity index (χ0v) is 24.7. The van der Waals surface area contributed by atoms with Gasteiger partial charge in [-0.2, -0.15) is 0 Å². The van der Waals surface area contributed by atoms with Gasteiger partial charge in [0.15, 0.2) is 10.7 Å². The van der Waals surface area contributed by atoms with E-state index < -0.39 is 39.9 Å². The standard InChI is InChI=1S/C28H34FN5O7S/c1-16-13-34(17(2)15-35)27(36)23-12-22(32-42(38,39)26-18(3)31-41-19(26)4)10-11-24(23)40-25(16)14-33(5)28(37)30-21-8-6-20(29)7-9-21/h6-12,16-17,25,32,35H,13-15H2,1-5H3,(H,30,37)/t16-,17+,25-/m1/s1. The summed E-state index contributed by atoms with van der Waals surface area (Å²) in [6, 6.07) is 8.72. The maximum Gasteiger partial charge on any atom is 0.321 e. The minimum atomic E-state index is -4.08. The van der Waals surface area contributed by atoms with Crippen LogP contribution in [0.25, 0.3) is 0 Å². The number of sulfonamides is 1. The lowest BCUT2D eigenvalue weighted by Crippen LogP contribution is -2.50. The van der Waals surface area contributed by atoms with Crippen LogP contribution in [0.4, 0.5) is 20.6 Å². The van der Waals surface area contributed by atoms with E-state index >= 15 is 0 Å². The lowest BCUT2D eigenvalue weighted by Gasteiger charge is -2.38. The van der Waals surface area contributed by atoms with Gasteiger partial charge in [-0.15, -0.1) is 0 Å². The second-order valence-corrected chi connectivity index (χ2v) is 12.0. The second-order valence-electron chi connectivity index (χ2n) is 10.4. The number of aryl methyl sites for hydroxylation is 2. The molecule has 12 nitrogen and oxygen atoms in total. The molecule has 3 amide bonds. The summed E-state index contributed by atoms with van der Waals surface area (Å²) in [6.07, 6.45) is -0.584. The van der Waals surface area contributed by atoms with Crippen molar-refractivity contribution in [3.8, 4) is 5.75 Å². The van der Waals surface area contributed by atoms with Crippen molar-refractivity contribution < 1.29 is 36.8 Å². The number of hydrogen-bond donors (Lipinski definition) is 3. The molecule has 0 bridgehead atoms. The molecule has 0 aliphatic carbocycles. The van der Waals surface area contributed by atoms with Crippen molar-refractivity contribution in [2.24, 2.45) is 5.92 Å². The number of likely N-dealkylation sites (N-methyl/N-ethyl adjacent to an activating group) is 1. The summed E-state index contributed by atoms with van der Waals surface area (Å²) in [7, 11) is -2.50. The Morgan fingerprint density at radius 3 is 2.50 bits per heavy atom. The van der Waals surface area contributed by atoms with E-state index in [1.54, 1.807) is 14.0 Å². The molecule has 0 saturated heterocycles. The van der Waals surface area contributed by atoms with Crippen LogP contribution >= 0.6 is 0 Å². The Kier molecular flexibility index (Phi) is 9.06. The van der Waals surface area contributed by atoms with Gasteiger partial charge < -0.3 is 29.5 Å². The van der Waals surface area contributed by atoms with Gasteiger partial charge in [0.2, 0.25) is 0 Å². The van der Waals surface area contributed by atoms with Crippen LogP contribution in [0.1, 0.15) is 35.7 Å². The maximum absolute atomic E-state index is 13.7. The monoisotopic (exact) mass is 603 g/mol. The van der Waals surface area contributed by atoms with Crippen molar-refractivity contribution in [1.82, 2.24) is 15.0 Å². The van der Waals surface area contributed by atoms with E-state index in [1.807, 2.05) is 6.92 Å². The Morgan fingerprint density at radius 2 is 1.88 bits per heavy atom. The summed E-state index contributed by atoms with van der Waals surface area (Å²) in [6.45, 7) is 6.61. The van der Waals surface area contributed by atoms with E-state index in [2.05, 4.69) is 15.2 Å². The summed E-state index contributed by atoms with van der Waals surface area (Å²) in [5.41, 5.74) is 0.816. The van der Waals surface area contributed by atoms with Crippen molar-refractivity contribution in [2.45, 2.75) is 44.7 Å². The molecule has 0 fully saturated rings. The molecule has 14 heteroatoms. The van der Waals surface area contributed by atoms with E-state index in [0.29, 0.717) is 5.69 Å². The first-order valence-corrected chi connectivity index (χ1v) is 14.7. The lowest BCUT2D eigenvalue weighted by atomic mass is 9.99. The molecule has 1 aliphatic rings. The van der Waals surface area contributed by atoms with Gasteiger partial charge in [0.05, 0.1) is 24.8 Å². The Hall–Kier alpha value is -4.17. The normalized spacial score (nSPS) is 17.9. The van der Waals surface area contributed by atoms with E-state index in [4.69, 9.17) is 9.26 Å². The quantitative estimate of drug-likeness (QED) is 0.353. The van der Waals surface area contributed by atoms with Crippen LogP contribution in [0.15, 0.2) is 51.9 Å². The fourth-order valence-corrected chi connectivity index (χ4v) is 6.05. The molecule has 226 valence electrons. The van der Waals surface area contributed by atoms with Crippen molar-refractivity contribution in [3.63, 3.8) is 0 Å². The number of carbonyl (C=O) groups is 2. The number of halogens is 1. The van der Waals surface area contributed by atoms with Crippen molar-refractivity contribution >= 4 is 33.3 Å². The molecule has 1 aromatic heterocycles. The highest BCUT2D eigenvalue weighted by molar-refractivity contribution is 7.92. The van der Waals surface area contributed by atoms with Crippen LogP contribution in [0.5, 0.6) is 5.75 Å². The van der Waals surface area contributed by atoms with Crippen molar-refractivity contribution in [1.29, 1.82) is 0 Å². The molecule has 0 unspecified atom stereocenters. The van der Waals surface area contributed by atoms with Gasteiger partial charge >= 0.3 is 6.03 Å². The van der Waals surface area contributed by atoms with Gasteiger partial charge in [-0.05, 0) is 63.2 Å². The van der Waals surface area contributed by atoms with Crippen molar-refractivity contribution in [2.75, 3.05) is 36.8 Å². The Bertz CT molecular complexity index is 1540. The zero-order valence-electron chi connectivity index (χ0n) is 23.9. The summed E-state index contributed by atoms with van der Waals surface area (Å²) in [4.78, 5) is 29.4. The zero-order chi connectivity index (χ0) is 30.8. The Labute approximate surface area is 243 Å². The van der Waals surface area contributed by atoms with Crippen LogP contribution < -0.4 is 14.8 Å². The SMILES string of the molecule is Cc1noc(C)c1S(=O)(=O)Nc1ccc2c(c1)C(=O)N([C@@H](C)CO)C[C@@H](C)[C@@H](CN(C)C(=O)Nc1ccc(F)cc1)O2. The van der Waals surface area contributed by atoms with E-state index in [-0.39, 0.29) is 59.0 Å². The van der Waals surface area contributed by atoms with Crippen LogP contribution in [-0.4, -0.2) is 79.3 Å². The predicted octanol–water partition coefficient (Wildman–Crippen LogP) is 3.62. The van der Waals surface area contributed by atoms with E-state index in [0.717, 1.165) is 0 Å². The second kappa shape index (κ2) is 12.4. The average Bonchev–Trinajstić information content (AvgIpc) is 3.29. The van der Waals surface area contributed by atoms with Crippen LogP contribution in [-0.2, 0) is 10.0 Å². The summed E-state index contributed by atoms with van der Waals surface area (Å²) in [5.74, 6) is -0.822. The summed E-state index contributed by atoms with van der Waals surface area (Å²) in [5, 5.41) is 16.3. The molecule has 2 heterocycles. The Morgan fingerprint density at radius 1 is 1.21 bits per heavy atom. The number of carbonyl (C=O) groups excluding carboxylic acids is 2. The number of aromatic nitrogens is 1. The molecular formula is C28H34FN5O7S. The van der Waals surface area contributed by atoms with Gasteiger partial charge in [0, 0.05) is 30.9 Å². The molecular weight excluding hydrogens is 569 g/mol. The van der Waals surface area contributed by atoms with Gasteiger partial charge in [-0.3, -0.25) is 9.52 Å². The van der Waals surface area contributed by atoms with Crippen LogP contribution in [0.3, 0.4) is 0 Å². The molecule has 2 aromatic carbocycles. The third-order valence-electron chi connectivity index (χ3n) is 7.05. The largest absolute Gasteiger partial charge is 0.487 e. The van der Waals surface area contributed by atoms with Gasteiger partial charge in [0.1, 0.15) is 23.4 Å². The fourth-order valence-electron chi connectivity index (χ4n) is 4.67. The molecule has 1 aliphatic heterocycles. The number of nitrogens with one attached hydrogen (secondary N) is 2. The highest BCUT2D eigenvalue weighted by Crippen LogP contribution is 2.32. The topological polar surface area (TPSA) is 154 Å². The smallest absolute Gasteiger partial charge is 0.321 e. The lowest BCUT2D eigenvalue weighted by molar-refractivity contribution is 0.0371. The number of aliphatic hydroxyl groups excluding tert-OH is 1. The molecule has 3 atom stereocenters. The highest BCUT2D eigenvalue weighted by atomic mass is 32.2.